The van der Waals surface area contributed by atoms with E-state index in [2.05, 4.69) is 23.8 Å². The molecule has 0 aliphatic heterocycles. The number of carbonyl (C=O) groups excluding carboxylic acids is 1. The van der Waals surface area contributed by atoms with Crippen molar-refractivity contribution in [2.75, 3.05) is 11.9 Å². The minimum Gasteiger partial charge on any atom is -0.311 e. The Morgan fingerprint density at radius 2 is 1.92 bits per heavy atom. The van der Waals surface area contributed by atoms with E-state index in [1.54, 1.807) is 24.3 Å². The fourth-order valence-electron chi connectivity index (χ4n) is 2.41. The molecule has 0 unspecified atom stereocenters. The predicted molar refractivity (Wildman–Crippen MR) is 98.7 cm³/mol. The molecule has 0 saturated heterocycles. The van der Waals surface area contributed by atoms with Gasteiger partial charge in [0.25, 0.3) is 5.91 Å². The monoisotopic (exact) mass is 337 g/mol. The van der Waals surface area contributed by atoms with E-state index in [9.17, 15) is 4.79 Å². The molecule has 5 heteroatoms. The highest BCUT2D eigenvalue weighted by molar-refractivity contribution is 7.17. The van der Waals surface area contributed by atoms with Gasteiger partial charge in [-0.3, -0.25) is 9.78 Å². The van der Waals surface area contributed by atoms with Gasteiger partial charge in [-0.2, -0.15) is 0 Å². The van der Waals surface area contributed by atoms with E-state index in [1.165, 1.54) is 22.5 Å². The van der Waals surface area contributed by atoms with E-state index in [1.807, 2.05) is 37.3 Å². The first-order valence-corrected chi connectivity index (χ1v) is 8.52. The molecule has 3 aromatic rings. The Kier molecular flexibility index (Phi) is 4.44. The number of anilines is 1. The smallest absolute Gasteiger partial charge is 0.270 e. The summed E-state index contributed by atoms with van der Waals surface area (Å²) in [5, 5.41) is 0.817. The van der Waals surface area contributed by atoms with Gasteiger partial charge in [0.15, 0.2) is 0 Å². The molecule has 1 amide bonds. The van der Waals surface area contributed by atoms with Crippen LogP contribution in [-0.2, 0) is 0 Å². The van der Waals surface area contributed by atoms with Gasteiger partial charge in [-0.15, -0.1) is 11.3 Å². The van der Waals surface area contributed by atoms with Crippen LogP contribution >= 0.6 is 11.3 Å². The van der Waals surface area contributed by atoms with Crippen LogP contribution in [0.4, 0.5) is 5.69 Å². The number of hydrogen-bond acceptors (Lipinski definition) is 4. The lowest BCUT2D eigenvalue weighted by molar-refractivity contribution is 0.0996. The molecule has 0 aliphatic rings. The molecule has 1 aromatic carbocycles. The molecule has 0 radical (unpaired) electrons. The molecule has 0 N–H and O–H groups in total. The lowest BCUT2D eigenvalue weighted by atomic mass is 10.1. The molecular weight excluding hydrogens is 318 g/mol. The molecule has 24 heavy (non-hydrogen) atoms. The fourth-order valence-corrected chi connectivity index (χ4v) is 3.44. The Morgan fingerprint density at radius 3 is 2.58 bits per heavy atom. The number of nitrogens with zero attached hydrogens (tertiary/aromatic N) is 3. The number of aromatic nitrogens is 2. The van der Waals surface area contributed by atoms with E-state index >= 15 is 0 Å². The van der Waals surface area contributed by atoms with Crippen molar-refractivity contribution < 1.29 is 4.79 Å². The van der Waals surface area contributed by atoms with Crippen LogP contribution in [0.3, 0.4) is 0 Å². The van der Waals surface area contributed by atoms with Crippen molar-refractivity contribution in [3.63, 3.8) is 0 Å². The summed E-state index contributed by atoms with van der Waals surface area (Å²) in [5.41, 5.74) is 4.95. The number of carbonyl (C=O) groups is 1. The van der Waals surface area contributed by atoms with E-state index < -0.39 is 0 Å². The maximum Gasteiger partial charge on any atom is 0.270 e. The number of thiazole rings is 1. The van der Waals surface area contributed by atoms with Gasteiger partial charge in [0.05, 0.1) is 5.69 Å². The van der Waals surface area contributed by atoms with Crippen LogP contribution in [0.5, 0.6) is 0 Å². The van der Waals surface area contributed by atoms with Crippen LogP contribution in [0, 0.1) is 20.8 Å². The molecule has 3 rings (SSSR count). The van der Waals surface area contributed by atoms with Crippen molar-refractivity contribution in [3.05, 3.63) is 64.4 Å². The van der Waals surface area contributed by atoms with Crippen LogP contribution < -0.4 is 4.90 Å². The Bertz CT molecular complexity index is 887. The Hall–Kier alpha value is -2.53. The van der Waals surface area contributed by atoms with E-state index in [0.717, 1.165) is 22.0 Å². The third-order valence-electron chi connectivity index (χ3n) is 4.08. The summed E-state index contributed by atoms with van der Waals surface area (Å²) < 4.78 is 0. The molecule has 0 atom stereocenters. The summed E-state index contributed by atoms with van der Waals surface area (Å²) in [6.07, 6.45) is 3.49. The van der Waals surface area contributed by atoms with E-state index in [0.29, 0.717) is 4.88 Å². The summed E-state index contributed by atoms with van der Waals surface area (Å²) in [7, 11) is 1.80. The number of benzene rings is 1. The molecule has 0 saturated carbocycles. The second kappa shape index (κ2) is 6.53. The third kappa shape index (κ3) is 3.08. The first-order chi connectivity index (χ1) is 11.5. The lowest BCUT2D eigenvalue weighted by Crippen LogP contribution is -2.26. The van der Waals surface area contributed by atoms with Crippen molar-refractivity contribution in [1.29, 1.82) is 0 Å². The zero-order chi connectivity index (χ0) is 17.3. The Balaban J connectivity index is 1.92. The number of hydrogen-bond donors (Lipinski definition) is 0. The Morgan fingerprint density at radius 1 is 1.12 bits per heavy atom. The normalized spacial score (nSPS) is 10.7. The maximum atomic E-state index is 12.9. The second-order valence-electron chi connectivity index (χ2n) is 5.81. The summed E-state index contributed by atoms with van der Waals surface area (Å²) in [5.74, 6) is -0.0385. The van der Waals surface area contributed by atoms with Gasteiger partial charge in [0, 0.05) is 30.7 Å². The SMILES string of the molecule is Cc1ccc(N(C)C(=O)c2sc(-c3cccnc3)nc2C)cc1C. The quantitative estimate of drug-likeness (QED) is 0.711. The summed E-state index contributed by atoms with van der Waals surface area (Å²) in [6.45, 7) is 5.99. The van der Waals surface area contributed by atoms with Crippen molar-refractivity contribution in [1.82, 2.24) is 9.97 Å². The molecule has 0 aliphatic carbocycles. The van der Waals surface area contributed by atoms with Crippen LogP contribution in [0.15, 0.2) is 42.7 Å². The van der Waals surface area contributed by atoms with Crippen LogP contribution in [0.2, 0.25) is 0 Å². The molecule has 0 bridgehead atoms. The average molecular weight is 337 g/mol. The summed E-state index contributed by atoms with van der Waals surface area (Å²) in [6, 6.07) is 9.86. The van der Waals surface area contributed by atoms with Gasteiger partial charge in [-0.1, -0.05) is 6.07 Å². The highest BCUT2D eigenvalue weighted by atomic mass is 32.1. The minimum absolute atomic E-state index is 0.0385. The fraction of sp³-hybridized carbons (Fsp3) is 0.211. The van der Waals surface area contributed by atoms with Crippen LogP contribution in [0.25, 0.3) is 10.6 Å². The zero-order valence-electron chi connectivity index (χ0n) is 14.2. The van der Waals surface area contributed by atoms with Gasteiger partial charge in [0.2, 0.25) is 0 Å². The standard InChI is InChI=1S/C19H19N3OS/c1-12-7-8-16(10-13(12)2)22(4)19(23)17-14(3)21-18(24-17)15-6-5-9-20-11-15/h5-11H,1-4H3. The van der Waals surface area contributed by atoms with Crippen molar-refractivity contribution >= 4 is 22.9 Å². The first-order valence-electron chi connectivity index (χ1n) is 7.70. The largest absolute Gasteiger partial charge is 0.311 e. The van der Waals surface area contributed by atoms with Gasteiger partial charge >= 0.3 is 0 Å². The zero-order valence-corrected chi connectivity index (χ0v) is 15.0. The van der Waals surface area contributed by atoms with Crippen molar-refractivity contribution in [2.24, 2.45) is 0 Å². The first kappa shape index (κ1) is 16.3. The molecule has 122 valence electrons. The lowest BCUT2D eigenvalue weighted by Gasteiger charge is -2.18. The minimum atomic E-state index is -0.0385. The summed E-state index contributed by atoms with van der Waals surface area (Å²) >= 11 is 1.41. The highest BCUT2D eigenvalue weighted by Crippen LogP contribution is 2.29. The third-order valence-corrected chi connectivity index (χ3v) is 5.28. The molecule has 0 fully saturated rings. The number of rotatable bonds is 3. The van der Waals surface area contributed by atoms with Crippen LogP contribution in [0.1, 0.15) is 26.5 Å². The number of aryl methyl sites for hydroxylation is 3. The summed E-state index contributed by atoms with van der Waals surface area (Å²) in [4.78, 5) is 23.9. The highest BCUT2D eigenvalue weighted by Gasteiger charge is 2.21. The van der Waals surface area contributed by atoms with Crippen molar-refractivity contribution in [2.45, 2.75) is 20.8 Å². The van der Waals surface area contributed by atoms with Gasteiger partial charge in [-0.25, -0.2) is 4.98 Å². The second-order valence-corrected chi connectivity index (χ2v) is 6.81. The predicted octanol–water partition coefficient (Wildman–Crippen LogP) is 4.41. The molecular formula is C19H19N3OS. The molecule has 0 spiro atoms. The van der Waals surface area contributed by atoms with Crippen molar-refractivity contribution in [3.8, 4) is 10.6 Å². The molecule has 2 aromatic heterocycles. The Labute approximate surface area is 145 Å². The van der Waals surface area contributed by atoms with Gasteiger partial charge in [-0.05, 0) is 56.2 Å². The molecule has 2 heterocycles. The van der Waals surface area contributed by atoms with Crippen LogP contribution in [-0.4, -0.2) is 22.9 Å². The maximum absolute atomic E-state index is 12.9. The number of pyridine rings is 1. The van der Waals surface area contributed by atoms with E-state index in [-0.39, 0.29) is 5.91 Å². The van der Waals surface area contributed by atoms with E-state index in [4.69, 9.17) is 0 Å². The van der Waals surface area contributed by atoms with Gasteiger partial charge < -0.3 is 4.90 Å². The molecule has 4 nitrogen and oxygen atoms in total. The average Bonchev–Trinajstić information content (AvgIpc) is 2.98. The number of amides is 1. The van der Waals surface area contributed by atoms with Gasteiger partial charge in [0.1, 0.15) is 9.88 Å². The topological polar surface area (TPSA) is 46.1 Å².